The molecule has 0 aliphatic heterocycles. The summed E-state index contributed by atoms with van der Waals surface area (Å²) in [7, 11) is 0. The van der Waals surface area contributed by atoms with E-state index in [4.69, 9.17) is 10.3 Å². The minimum absolute atomic E-state index is 0.346. The Morgan fingerprint density at radius 3 is 2.94 bits per heavy atom. The molecule has 0 spiro atoms. The molecule has 3 rings (SSSR count). The summed E-state index contributed by atoms with van der Waals surface area (Å²) in [4.78, 5) is 4.44. The van der Waals surface area contributed by atoms with Crippen molar-refractivity contribution in [3.05, 3.63) is 29.4 Å². The van der Waals surface area contributed by atoms with Crippen LogP contribution < -0.4 is 5.73 Å². The van der Waals surface area contributed by atoms with E-state index in [9.17, 15) is 0 Å². The number of hydrogen-bond acceptors (Lipinski definition) is 5. The van der Waals surface area contributed by atoms with Gasteiger partial charge in [-0.15, -0.1) is 11.3 Å². The first kappa shape index (κ1) is 9.35. The summed E-state index contributed by atoms with van der Waals surface area (Å²) in [6.07, 6.45) is 1.64. The number of nitrogens with zero attached hydrogens (tertiary/aromatic N) is 2. The minimum atomic E-state index is 0.346. The summed E-state index contributed by atoms with van der Waals surface area (Å²) in [5.74, 6) is 0.346. The molecular weight excluding hydrogens is 222 g/mol. The third kappa shape index (κ3) is 1.29. The molecule has 0 saturated carbocycles. The number of nitrogens with two attached hydrogens (primary N) is 1. The van der Waals surface area contributed by atoms with E-state index in [1.807, 2.05) is 25.1 Å². The van der Waals surface area contributed by atoms with Gasteiger partial charge in [-0.05, 0) is 13.0 Å². The van der Waals surface area contributed by atoms with Gasteiger partial charge >= 0.3 is 0 Å². The van der Waals surface area contributed by atoms with Gasteiger partial charge in [0.05, 0.1) is 27.0 Å². The Kier molecular flexibility index (Phi) is 1.94. The Morgan fingerprint density at radius 1 is 1.31 bits per heavy atom. The maximum absolute atomic E-state index is 5.73. The van der Waals surface area contributed by atoms with Crippen molar-refractivity contribution in [2.75, 3.05) is 5.73 Å². The Labute approximate surface area is 95.7 Å². The predicted molar refractivity (Wildman–Crippen MR) is 64.3 cm³/mol. The minimum Gasteiger partial charge on any atom is -0.367 e. The summed E-state index contributed by atoms with van der Waals surface area (Å²) >= 11 is 1.65. The average Bonchev–Trinajstić information content (AvgIpc) is 2.82. The third-order valence-corrected chi connectivity index (χ3v) is 3.43. The van der Waals surface area contributed by atoms with E-state index in [0.717, 1.165) is 26.4 Å². The highest BCUT2D eigenvalue weighted by Crippen LogP contribution is 2.35. The Balaban J connectivity index is 2.35. The Hall–Kier alpha value is -1.88. The first-order valence-corrected chi connectivity index (χ1v) is 5.64. The number of thiazole rings is 1. The molecule has 1 aromatic carbocycles. The highest BCUT2D eigenvalue weighted by atomic mass is 32.1. The summed E-state index contributed by atoms with van der Waals surface area (Å²) in [5.41, 5.74) is 8.57. The molecule has 0 aliphatic rings. The van der Waals surface area contributed by atoms with Gasteiger partial charge in [-0.3, -0.25) is 0 Å². The van der Waals surface area contributed by atoms with Crippen LogP contribution in [0.2, 0.25) is 0 Å². The summed E-state index contributed by atoms with van der Waals surface area (Å²) in [5, 5.41) is 4.74. The lowest BCUT2D eigenvalue weighted by molar-refractivity contribution is 0.436. The smallest absolute Gasteiger partial charge is 0.230 e. The van der Waals surface area contributed by atoms with Gasteiger partial charge in [0.25, 0.3) is 0 Å². The van der Waals surface area contributed by atoms with E-state index in [2.05, 4.69) is 10.1 Å². The van der Waals surface area contributed by atoms with Crippen LogP contribution >= 0.6 is 11.3 Å². The molecule has 80 valence electrons. The second-order valence-corrected chi connectivity index (χ2v) is 4.69. The maximum atomic E-state index is 5.73. The van der Waals surface area contributed by atoms with Gasteiger partial charge in [0.2, 0.25) is 5.88 Å². The van der Waals surface area contributed by atoms with Gasteiger partial charge in [0.1, 0.15) is 0 Å². The summed E-state index contributed by atoms with van der Waals surface area (Å²) in [6, 6.07) is 5.96. The molecule has 4 nitrogen and oxygen atoms in total. The van der Waals surface area contributed by atoms with Crippen LogP contribution in [0.5, 0.6) is 0 Å². The number of rotatable bonds is 1. The molecule has 0 aliphatic carbocycles. The largest absolute Gasteiger partial charge is 0.367 e. The molecule has 2 aromatic heterocycles. The highest BCUT2D eigenvalue weighted by molar-refractivity contribution is 7.19. The molecule has 0 atom stereocenters. The maximum Gasteiger partial charge on any atom is 0.230 e. The van der Waals surface area contributed by atoms with Crippen LogP contribution in [0.1, 0.15) is 5.01 Å². The van der Waals surface area contributed by atoms with Gasteiger partial charge in [-0.25, -0.2) is 4.98 Å². The van der Waals surface area contributed by atoms with Crippen molar-refractivity contribution in [3.8, 4) is 11.1 Å². The second-order valence-electron chi connectivity index (χ2n) is 3.49. The SMILES string of the molecule is Cc1nc2cccc(-c3cnoc3N)c2s1. The third-order valence-electron chi connectivity index (χ3n) is 2.41. The van der Waals surface area contributed by atoms with Gasteiger partial charge in [-0.1, -0.05) is 17.3 Å². The van der Waals surface area contributed by atoms with Crippen LogP contribution in [0.3, 0.4) is 0 Å². The van der Waals surface area contributed by atoms with Crippen LogP contribution in [0.4, 0.5) is 5.88 Å². The fourth-order valence-electron chi connectivity index (χ4n) is 1.72. The normalized spacial score (nSPS) is 11.1. The van der Waals surface area contributed by atoms with Gasteiger partial charge in [-0.2, -0.15) is 0 Å². The standard InChI is InChI=1S/C11H9N3OS/c1-6-14-9-4-2-3-7(10(9)16-6)8-5-13-15-11(8)12/h2-5H,12H2,1H3. The number of fused-ring (bicyclic) bond motifs is 1. The number of aromatic nitrogens is 2. The number of nitrogen functional groups attached to an aromatic ring is 1. The molecule has 0 radical (unpaired) electrons. The topological polar surface area (TPSA) is 64.9 Å². The molecule has 16 heavy (non-hydrogen) atoms. The Morgan fingerprint density at radius 2 is 2.19 bits per heavy atom. The molecule has 2 N–H and O–H groups in total. The fourth-order valence-corrected chi connectivity index (χ4v) is 2.67. The van der Waals surface area contributed by atoms with Gasteiger partial charge < -0.3 is 10.3 Å². The average molecular weight is 231 g/mol. The second kappa shape index (κ2) is 3.31. The fraction of sp³-hybridized carbons (Fsp3) is 0.0909. The molecule has 0 amide bonds. The number of hydrogen-bond donors (Lipinski definition) is 1. The van der Waals surface area contributed by atoms with Crippen molar-refractivity contribution in [2.24, 2.45) is 0 Å². The molecule has 0 unspecified atom stereocenters. The van der Waals surface area contributed by atoms with Crippen LogP contribution in [0, 0.1) is 6.92 Å². The lowest BCUT2D eigenvalue weighted by Crippen LogP contribution is -1.84. The van der Waals surface area contributed by atoms with Crippen LogP contribution in [-0.2, 0) is 0 Å². The van der Waals surface area contributed by atoms with E-state index >= 15 is 0 Å². The molecule has 5 heteroatoms. The highest BCUT2D eigenvalue weighted by Gasteiger charge is 2.12. The monoisotopic (exact) mass is 231 g/mol. The summed E-state index contributed by atoms with van der Waals surface area (Å²) in [6.45, 7) is 1.99. The zero-order valence-corrected chi connectivity index (χ0v) is 9.41. The van der Waals surface area contributed by atoms with Crippen molar-refractivity contribution in [1.29, 1.82) is 0 Å². The molecule has 0 saturated heterocycles. The molecule has 0 fully saturated rings. The van der Waals surface area contributed by atoms with Crippen molar-refractivity contribution in [2.45, 2.75) is 6.92 Å². The molecular formula is C11H9N3OS. The Bertz CT molecular complexity index is 656. The van der Waals surface area contributed by atoms with Crippen LogP contribution in [0.25, 0.3) is 21.3 Å². The first-order chi connectivity index (χ1) is 7.75. The van der Waals surface area contributed by atoms with Crippen molar-refractivity contribution >= 4 is 27.4 Å². The predicted octanol–water partition coefficient (Wildman–Crippen LogP) is 2.84. The van der Waals surface area contributed by atoms with Crippen molar-refractivity contribution < 1.29 is 4.52 Å². The molecule has 0 bridgehead atoms. The van der Waals surface area contributed by atoms with Gasteiger partial charge in [0, 0.05) is 5.56 Å². The summed E-state index contributed by atoms with van der Waals surface area (Å²) < 4.78 is 6.01. The molecule has 3 aromatic rings. The lowest BCUT2D eigenvalue weighted by Gasteiger charge is -1.98. The van der Waals surface area contributed by atoms with Crippen molar-refractivity contribution in [3.63, 3.8) is 0 Å². The molecule has 2 heterocycles. The van der Waals surface area contributed by atoms with E-state index in [0.29, 0.717) is 5.88 Å². The quantitative estimate of drug-likeness (QED) is 0.699. The first-order valence-electron chi connectivity index (χ1n) is 4.82. The lowest BCUT2D eigenvalue weighted by atomic mass is 10.1. The van der Waals surface area contributed by atoms with Crippen LogP contribution in [0.15, 0.2) is 28.9 Å². The van der Waals surface area contributed by atoms with E-state index in [-0.39, 0.29) is 0 Å². The number of aryl methyl sites for hydroxylation is 1. The number of benzene rings is 1. The number of anilines is 1. The van der Waals surface area contributed by atoms with Crippen LogP contribution in [-0.4, -0.2) is 10.1 Å². The van der Waals surface area contributed by atoms with E-state index < -0.39 is 0 Å². The van der Waals surface area contributed by atoms with E-state index in [1.165, 1.54) is 0 Å². The zero-order valence-electron chi connectivity index (χ0n) is 8.60. The van der Waals surface area contributed by atoms with Crippen molar-refractivity contribution in [1.82, 2.24) is 10.1 Å². The zero-order chi connectivity index (χ0) is 11.1. The van der Waals surface area contributed by atoms with E-state index in [1.54, 1.807) is 17.5 Å². The van der Waals surface area contributed by atoms with Gasteiger partial charge in [0.15, 0.2) is 0 Å².